The second-order valence-corrected chi connectivity index (χ2v) is 2.79. The summed E-state index contributed by atoms with van der Waals surface area (Å²) >= 11 is 0. The van der Waals surface area contributed by atoms with Crippen molar-refractivity contribution in [3.8, 4) is 12.3 Å². The zero-order chi connectivity index (χ0) is 8.10. The Morgan fingerprint density at radius 2 is 2.55 bits per heavy atom. The summed E-state index contributed by atoms with van der Waals surface area (Å²) in [6.07, 6.45) is 7.46. The predicted octanol–water partition coefficient (Wildman–Crippen LogP) is -0.122. The molecular formula is C8H14N2O. The van der Waals surface area contributed by atoms with E-state index in [1.807, 2.05) is 0 Å². The Kier molecular flexibility index (Phi) is 3.37. The molecule has 3 nitrogen and oxygen atoms in total. The SMILES string of the molecule is C#CC(NN)C1CCCOC1. The highest BCUT2D eigenvalue weighted by Gasteiger charge is 2.20. The lowest BCUT2D eigenvalue weighted by Gasteiger charge is -2.26. The van der Waals surface area contributed by atoms with Gasteiger partial charge in [0.15, 0.2) is 0 Å². The van der Waals surface area contributed by atoms with Gasteiger partial charge in [-0.2, -0.15) is 0 Å². The number of terminal acetylenes is 1. The van der Waals surface area contributed by atoms with Crippen LogP contribution >= 0.6 is 0 Å². The van der Waals surface area contributed by atoms with E-state index in [-0.39, 0.29) is 6.04 Å². The number of rotatable bonds is 2. The molecule has 3 heteroatoms. The number of ether oxygens (including phenoxy) is 1. The zero-order valence-corrected chi connectivity index (χ0v) is 6.55. The third-order valence-corrected chi connectivity index (χ3v) is 2.03. The molecule has 11 heavy (non-hydrogen) atoms. The van der Waals surface area contributed by atoms with Crippen LogP contribution in [0.25, 0.3) is 0 Å². The molecule has 1 rings (SSSR count). The topological polar surface area (TPSA) is 47.3 Å². The molecule has 0 aliphatic carbocycles. The van der Waals surface area contributed by atoms with Crippen LogP contribution in [0.5, 0.6) is 0 Å². The van der Waals surface area contributed by atoms with Gasteiger partial charge in [-0.15, -0.1) is 6.42 Å². The molecule has 0 amide bonds. The maximum absolute atomic E-state index is 5.28. The minimum Gasteiger partial charge on any atom is -0.381 e. The molecule has 1 heterocycles. The summed E-state index contributed by atoms with van der Waals surface area (Å²) < 4.78 is 5.28. The lowest BCUT2D eigenvalue weighted by molar-refractivity contribution is 0.0471. The molecule has 1 aliphatic heterocycles. The highest BCUT2D eigenvalue weighted by Crippen LogP contribution is 2.16. The highest BCUT2D eigenvalue weighted by atomic mass is 16.5. The number of nitrogens with two attached hydrogens (primary N) is 1. The van der Waals surface area contributed by atoms with Crippen LogP contribution in [-0.4, -0.2) is 19.3 Å². The minimum absolute atomic E-state index is 0.0321. The van der Waals surface area contributed by atoms with Crippen molar-refractivity contribution in [3.63, 3.8) is 0 Å². The molecule has 0 spiro atoms. The van der Waals surface area contributed by atoms with E-state index < -0.39 is 0 Å². The van der Waals surface area contributed by atoms with Gasteiger partial charge in [0.2, 0.25) is 0 Å². The van der Waals surface area contributed by atoms with Gasteiger partial charge in [-0.05, 0) is 12.8 Å². The summed E-state index contributed by atoms with van der Waals surface area (Å²) in [5.74, 6) is 8.26. The summed E-state index contributed by atoms with van der Waals surface area (Å²) in [6.45, 7) is 1.59. The van der Waals surface area contributed by atoms with Gasteiger partial charge in [0.25, 0.3) is 0 Å². The summed E-state index contributed by atoms with van der Waals surface area (Å²) in [6, 6.07) is -0.0321. The number of hydrogen-bond acceptors (Lipinski definition) is 3. The lowest BCUT2D eigenvalue weighted by Crippen LogP contribution is -2.42. The van der Waals surface area contributed by atoms with Gasteiger partial charge in [0.1, 0.15) is 0 Å². The smallest absolute Gasteiger partial charge is 0.0864 e. The standard InChI is InChI=1S/C8H14N2O/c1-2-8(10-9)7-4-3-5-11-6-7/h1,7-8,10H,3-6,9H2. The van der Waals surface area contributed by atoms with Crippen molar-refractivity contribution in [2.24, 2.45) is 11.8 Å². The first kappa shape index (κ1) is 8.54. The van der Waals surface area contributed by atoms with Crippen molar-refractivity contribution < 1.29 is 4.74 Å². The monoisotopic (exact) mass is 154 g/mol. The van der Waals surface area contributed by atoms with Gasteiger partial charge < -0.3 is 4.74 Å². The largest absolute Gasteiger partial charge is 0.381 e. The molecule has 3 N–H and O–H groups in total. The predicted molar refractivity (Wildman–Crippen MR) is 43.5 cm³/mol. The molecule has 62 valence electrons. The van der Waals surface area contributed by atoms with E-state index in [9.17, 15) is 0 Å². The molecule has 0 aromatic heterocycles. The van der Waals surface area contributed by atoms with Crippen molar-refractivity contribution >= 4 is 0 Å². The molecule has 1 saturated heterocycles. The highest BCUT2D eigenvalue weighted by molar-refractivity contribution is 5.01. The maximum Gasteiger partial charge on any atom is 0.0864 e. The first-order valence-corrected chi connectivity index (χ1v) is 3.88. The fourth-order valence-electron chi connectivity index (χ4n) is 1.35. The van der Waals surface area contributed by atoms with E-state index in [4.69, 9.17) is 17.0 Å². The van der Waals surface area contributed by atoms with Gasteiger partial charge in [-0.3, -0.25) is 5.84 Å². The Labute approximate surface area is 67.3 Å². The number of hydrogen-bond donors (Lipinski definition) is 2. The van der Waals surface area contributed by atoms with Crippen LogP contribution in [0.2, 0.25) is 0 Å². The summed E-state index contributed by atoms with van der Waals surface area (Å²) in [7, 11) is 0. The summed E-state index contributed by atoms with van der Waals surface area (Å²) in [4.78, 5) is 0. The Balaban J connectivity index is 2.38. The van der Waals surface area contributed by atoms with E-state index in [0.717, 1.165) is 26.1 Å². The fraction of sp³-hybridized carbons (Fsp3) is 0.750. The number of nitrogens with one attached hydrogen (secondary N) is 1. The van der Waals surface area contributed by atoms with Crippen molar-refractivity contribution in [2.75, 3.05) is 13.2 Å². The third-order valence-electron chi connectivity index (χ3n) is 2.03. The molecule has 2 atom stereocenters. The first-order chi connectivity index (χ1) is 5.38. The molecule has 0 radical (unpaired) electrons. The van der Waals surface area contributed by atoms with Crippen molar-refractivity contribution in [2.45, 2.75) is 18.9 Å². The molecular weight excluding hydrogens is 140 g/mol. The average molecular weight is 154 g/mol. The van der Waals surface area contributed by atoms with Gasteiger partial charge in [0, 0.05) is 12.5 Å². The van der Waals surface area contributed by atoms with E-state index in [1.165, 1.54) is 0 Å². The van der Waals surface area contributed by atoms with Gasteiger partial charge in [-0.1, -0.05) is 5.92 Å². The molecule has 2 unspecified atom stereocenters. The second kappa shape index (κ2) is 4.35. The molecule has 0 saturated carbocycles. The van der Waals surface area contributed by atoms with Gasteiger partial charge >= 0.3 is 0 Å². The summed E-state index contributed by atoms with van der Waals surface area (Å²) in [5, 5.41) is 0. The van der Waals surface area contributed by atoms with Crippen molar-refractivity contribution in [3.05, 3.63) is 0 Å². The van der Waals surface area contributed by atoms with Crippen molar-refractivity contribution in [1.29, 1.82) is 0 Å². The fourth-order valence-corrected chi connectivity index (χ4v) is 1.35. The van der Waals surface area contributed by atoms with Crippen molar-refractivity contribution in [1.82, 2.24) is 5.43 Å². The zero-order valence-electron chi connectivity index (χ0n) is 6.55. The Morgan fingerprint density at radius 1 is 1.73 bits per heavy atom. The Hall–Kier alpha value is -0.560. The quantitative estimate of drug-likeness (QED) is 0.331. The van der Waals surface area contributed by atoms with Gasteiger partial charge in [-0.25, -0.2) is 5.43 Å². The summed E-state index contributed by atoms with van der Waals surface area (Å²) in [5.41, 5.74) is 2.61. The molecule has 0 aromatic rings. The van der Waals surface area contributed by atoms with Crippen LogP contribution in [-0.2, 0) is 4.74 Å². The number of hydrazine groups is 1. The van der Waals surface area contributed by atoms with E-state index in [0.29, 0.717) is 5.92 Å². The normalized spacial score (nSPS) is 27.5. The van der Waals surface area contributed by atoms with Crippen LogP contribution in [0.3, 0.4) is 0 Å². The van der Waals surface area contributed by atoms with Crippen LogP contribution < -0.4 is 11.3 Å². The van der Waals surface area contributed by atoms with Crippen LogP contribution in [0.4, 0.5) is 0 Å². The van der Waals surface area contributed by atoms with Crippen LogP contribution in [0.15, 0.2) is 0 Å². The average Bonchev–Trinajstić information content (AvgIpc) is 2.09. The third kappa shape index (κ3) is 2.19. The Morgan fingerprint density at radius 3 is 3.00 bits per heavy atom. The molecule has 0 bridgehead atoms. The van der Waals surface area contributed by atoms with Gasteiger partial charge in [0.05, 0.1) is 12.6 Å². The van der Waals surface area contributed by atoms with E-state index >= 15 is 0 Å². The van der Waals surface area contributed by atoms with Crippen LogP contribution in [0.1, 0.15) is 12.8 Å². The molecule has 1 aliphatic rings. The lowest BCUT2D eigenvalue weighted by atomic mass is 9.95. The second-order valence-electron chi connectivity index (χ2n) is 2.79. The minimum atomic E-state index is -0.0321. The first-order valence-electron chi connectivity index (χ1n) is 3.88. The molecule has 0 aromatic carbocycles. The van der Waals surface area contributed by atoms with E-state index in [2.05, 4.69) is 11.3 Å². The van der Waals surface area contributed by atoms with E-state index in [1.54, 1.807) is 0 Å². The molecule has 1 fully saturated rings. The van der Waals surface area contributed by atoms with Crippen LogP contribution in [0, 0.1) is 18.3 Å². The Bertz CT molecular complexity index is 147. The maximum atomic E-state index is 5.28.